The van der Waals surface area contributed by atoms with Gasteiger partial charge in [-0.25, -0.2) is 4.98 Å². The highest BCUT2D eigenvalue weighted by Crippen LogP contribution is 2.31. The fourth-order valence-electron chi connectivity index (χ4n) is 1.80. The molecule has 4 nitrogen and oxygen atoms in total. The van der Waals surface area contributed by atoms with E-state index in [4.69, 9.17) is 11.6 Å². The van der Waals surface area contributed by atoms with E-state index in [2.05, 4.69) is 10.3 Å². The summed E-state index contributed by atoms with van der Waals surface area (Å²) in [5, 5.41) is 3.33. The minimum Gasteiger partial charge on any atom is -0.346 e. The van der Waals surface area contributed by atoms with Gasteiger partial charge in [0.1, 0.15) is 6.04 Å². The molecular weight excluding hydrogens is 214 g/mol. The first-order chi connectivity index (χ1) is 7.13. The molecule has 5 heteroatoms. The van der Waals surface area contributed by atoms with Gasteiger partial charge in [-0.15, -0.1) is 0 Å². The average molecular weight is 226 g/mol. The van der Waals surface area contributed by atoms with Crippen molar-refractivity contribution in [3.05, 3.63) is 17.3 Å². The molecule has 1 unspecified atom stereocenters. The van der Waals surface area contributed by atoms with Gasteiger partial charge in [-0.05, 0) is 12.5 Å². The number of carbonyl (C=O) groups is 1. The van der Waals surface area contributed by atoms with Crippen molar-refractivity contribution < 1.29 is 4.79 Å². The van der Waals surface area contributed by atoms with Gasteiger partial charge >= 0.3 is 0 Å². The quantitative estimate of drug-likeness (QED) is 0.794. The van der Waals surface area contributed by atoms with Crippen LogP contribution in [0.15, 0.2) is 12.3 Å². The van der Waals surface area contributed by atoms with Crippen LogP contribution in [-0.2, 0) is 4.79 Å². The summed E-state index contributed by atoms with van der Waals surface area (Å²) in [6, 6.07) is 1.57. The Balaban J connectivity index is 2.45. The lowest BCUT2D eigenvalue weighted by molar-refractivity contribution is -0.117. The highest BCUT2D eigenvalue weighted by atomic mass is 35.5. The number of amides is 1. The van der Waals surface area contributed by atoms with Crippen LogP contribution in [0.3, 0.4) is 0 Å². The smallest absolute Gasteiger partial charge is 0.247 e. The molecule has 80 valence electrons. The number of aromatic nitrogens is 1. The van der Waals surface area contributed by atoms with Crippen molar-refractivity contribution in [2.24, 2.45) is 0 Å². The maximum absolute atomic E-state index is 11.7. The van der Waals surface area contributed by atoms with E-state index in [0.717, 1.165) is 12.2 Å². The Labute approximate surface area is 93.2 Å². The lowest BCUT2D eigenvalue weighted by Crippen LogP contribution is -2.45. The molecule has 0 fully saturated rings. The van der Waals surface area contributed by atoms with Gasteiger partial charge in [-0.2, -0.15) is 0 Å². The van der Waals surface area contributed by atoms with Crippen molar-refractivity contribution in [3.63, 3.8) is 0 Å². The van der Waals surface area contributed by atoms with E-state index in [1.54, 1.807) is 12.3 Å². The molecular formula is C10H12ClN3O. The molecule has 0 saturated carbocycles. The van der Waals surface area contributed by atoms with Crippen LogP contribution in [-0.4, -0.2) is 24.0 Å². The minimum absolute atomic E-state index is 0.00318. The van der Waals surface area contributed by atoms with E-state index in [1.165, 1.54) is 0 Å². The van der Waals surface area contributed by atoms with E-state index in [0.29, 0.717) is 10.7 Å². The molecule has 0 bridgehead atoms. The molecule has 15 heavy (non-hydrogen) atoms. The molecule has 1 aliphatic rings. The van der Waals surface area contributed by atoms with Gasteiger partial charge in [0.2, 0.25) is 5.91 Å². The summed E-state index contributed by atoms with van der Waals surface area (Å²) in [5.41, 5.74) is 0.680. The topological polar surface area (TPSA) is 45.2 Å². The number of hydrogen-bond acceptors (Lipinski definition) is 3. The van der Waals surface area contributed by atoms with Crippen molar-refractivity contribution in [2.45, 2.75) is 19.4 Å². The van der Waals surface area contributed by atoms with Crippen molar-refractivity contribution >= 4 is 29.0 Å². The van der Waals surface area contributed by atoms with Crippen LogP contribution in [0.4, 0.5) is 11.5 Å². The van der Waals surface area contributed by atoms with Crippen LogP contribution in [0.25, 0.3) is 0 Å². The fourth-order valence-corrected chi connectivity index (χ4v) is 1.96. The molecule has 0 spiro atoms. The molecule has 1 N–H and O–H groups in total. The van der Waals surface area contributed by atoms with Crippen LogP contribution in [0.5, 0.6) is 0 Å². The third-order valence-corrected chi connectivity index (χ3v) is 2.79. The lowest BCUT2D eigenvalue weighted by Gasteiger charge is -2.33. The van der Waals surface area contributed by atoms with Crippen LogP contribution in [0.1, 0.15) is 13.3 Å². The second-order valence-electron chi connectivity index (χ2n) is 3.55. The number of hydrogen-bond donors (Lipinski definition) is 1. The average Bonchev–Trinajstić information content (AvgIpc) is 2.17. The Hall–Kier alpha value is -1.29. The van der Waals surface area contributed by atoms with Gasteiger partial charge in [-0.1, -0.05) is 18.5 Å². The predicted molar refractivity (Wildman–Crippen MR) is 60.4 cm³/mol. The van der Waals surface area contributed by atoms with Gasteiger partial charge in [0, 0.05) is 13.2 Å². The van der Waals surface area contributed by atoms with Crippen LogP contribution < -0.4 is 10.2 Å². The molecule has 1 aliphatic heterocycles. The molecule has 0 saturated heterocycles. The van der Waals surface area contributed by atoms with Crippen molar-refractivity contribution in [3.8, 4) is 0 Å². The predicted octanol–water partition coefficient (Wildman–Crippen LogP) is 1.90. The van der Waals surface area contributed by atoms with Gasteiger partial charge in [-0.3, -0.25) is 4.79 Å². The Morgan fingerprint density at radius 2 is 2.40 bits per heavy atom. The maximum atomic E-state index is 11.7. The lowest BCUT2D eigenvalue weighted by atomic mass is 10.1. The van der Waals surface area contributed by atoms with E-state index < -0.39 is 0 Å². The molecule has 0 aromatic carbocycles. The Morgan fingerprint density at radius 1 is 1.67 bits per heavy atom. The van der Waals surface area contributed by atoms with Crippen molar-refractivity contribution in [1.82, 2.24) is 4.98 Å². The third-order valence-electron chi connectivity index (χ3n) is 2.58. The Morgan fingerprint density at radius 3 is 3.07 bits per heavy atom. The standard InChI is InChI=1S/C10H12ClN3O/c1-3-8-10(15)13-7-4-6(11)5-12-9(7)14(8)2/h4-5,8H,3H2,1-2H3,(H,13,15). The number of rotatable bonds is 1. The minimum atomic E-state index is -0.147. The molecule has 0 aliphatic carbocycles. The summed E-state index contributed by atoms with van der Waals surface area (Å²) in [6.45, 7) is 1.97. The van der Waals surface area contributed by atoms with E-state index in [9.17, 15) is 4.79 Å². The number of anilines is 2. The number of carbonyl (C=O) groups excluding carboxylic acids is 1. The van der Waals surface area contributed by atoms with E-state index in [-0.39, 0.29) is 11.9 Å². The molecule has 1 atom stereocenters. The number of likely N-dealkylation sites (N-methyl/N-ethyl adjacent to an activating group) is 1. The summed E-state index contributed by atoms with van der Waals surface area (Å²) in [4.78, 5) is 17.8. The second-order valence-corrected chi connectivity index (χ2v) is 3.99. The highest BCUT2D eigenvalue weighted by Gasteiger charge is 2.29. The van der Waals surface area contributed by atoms with Crippen molar-refractivity contribution in [1.29, 1.82) is 0 Å². The zero-order valence-corrected chi connectivity index (χ0v) is 9.38. The number of fused-ring (bicyclic) bond motifs is 1. The monoisotopic (exact) mass is 225 g/mol. The SMILES string of the molecule is CCC1C(=O)Nc2cc(Cl)cnc2N1C. The maximum Gasteiger partial charge on any atom is 0.247 e. The zero-order chi connectivity index (χ0) is 11.0. The van der Waals surface area contributed by atoms with Crippen LogP contribution >= 0.6 is 11.6 Å². The van der Waals surface area contributed by atoms with Crippen molar-refractivity contribution in [2.75, 3.05) is 17.3 Å². The number of pyridine rings is 1. The van der Waals surface area contributed by atoms with Crippen LogP contribution in [0.2, 0.25) is 5.02 Å². The molecule has 0 radical (unpaired) electrons. The summed E-state index contributed by atoms with van der Waals surface area (Å²) >= 11 is 5.81. The number of nitrogens with one attached hydrogen (secondary N) is 1. The fraction of sp³-hybridized carbons (Fsp3) is 0.400. The summed E-state index contributed by atoms with van der Waals surface area (Å²) in [5.74, 6) is 0.766. The second kappa shape index (κ2) is 3.70. The first-order valence-corrected chi connectivity index (χ1v) is 5.20. The molecule has 2 heterocycles. The van der Waals surface area contributed by atoms with Crippen LogP contribution in [0, 0.1) is 0 Å². The van der Waals surface area contributed by atoms with Gasteiger partial charge in [0.25, 0.3) is 0 Å². The first-order valence-electron chi connectivity index (χ1n) is 4.82. The normalized spacial score (nSPS) is 19.8. The highest BCUT2D eigenvalue weighted by molar-refractivity contribution is 6.31. The molecule has 1 aromatic rings. The van der Waals surface area contributed by atoms with E-state index in [1.807, 2.05) is 18.9 Å². The Kier molecular flexibility index (Phi) is 2.52. The number of nitrogens with zero attached hydrogens (tertiary/aromatic N) is 2. The molecule has 1 amide bonds. The molecule has 2 rings (SSSR count). The summed E-state index contributed by atoms with van der Waals surface area (Å²) in [6.07, 6.45) is 2.34. The molecule has 1 aromatic heterocycles. The Bertz CT molecular complexity index is 408. The summed E-state index contributed by atoms with van der Waals surface area (Å²) < 4.78 is 0. The first kappa shape index (κ1) is 10.2. The largest absolute Gasteiger partial charge is 0.346 e. The van der Waals surface area contributed by atoms with Gasteiger partial charge < -0.3 is 10.2 Å². The zero-order valence-electron chi connectivity index (χ0n) is 8.62. The third kappa shape index (κ3) is 1.65. The summed E-state index contributed by atoms with van der Waals surface area (Å²) in [7, 11) is 1.87. The number of halogens is 1. The van der Waals surface area contributed by atoms with Gasteiger partial charge in [0.15, 0.2) is 5.82 Å². The van der Waals surface area contributed by atoms with Gasteiger partial charge in [0.05, 0.1) is 10.7 Å². The van der Waals surface area contributed by atoms with E-state index >= 15 is 0 Å².